The number of unbranched alkanes of at least 4 members (excludes halogenated alkanes) is 1. The summed E-state index contributed by atoms with van der Waals surface area (Å²) in [7, 11) is 0. The highest BCUT2D eigenvalue weighted by atomic mass is 16.2. The van der Waals surface area contributed by atoms with Gasteiger partial charge in [-0.2, -0.15) is 0 Å². The number of aryl methyl sites for hydroxylation is 1. The van der Waals surface area contributed by atoms with Crippen molar-refractivity contribution in [3.05, 3.63) is 30.1 Å². The SMILES string of the molecule is CCCCNC(=O)CN1CCN(C(=O)CCCc2nc3ccccc3[nH]2)CC1. The Balaban J connectivity index is 1.34. The van der Waals surface area contributed by atoms with Gasteiger partial charge < -0.3 is 15.2 Å². The minimum atomic E-state index is 0.0825. The molecule has 0 unspecified atom stereocenters. The van der Waals surface area contributed by atoms with E-state index in [-0.39, 0.29) is 11.8 Å². The molecule has 1 aromatic carbocycles. The number of hydrogen-bond donors (Lipinski definition) is 2. The van der Waals surface area contributed by atoms with E-state index in [1.165, 1.54) is 0 Å². The lowest BCUT2D eigenvalue weighted by atomic mass is 10.2. The second-order valence-corrected chi connectivity index (χ2v) is 7.41. The standard InChI is InChI=1S/C21H31N5O2/c1-2-3-11-22-20(27)16-25-12-14-26(15-13-25)21(28)10-6-9-19-23-17-7-4-5-8-18(17)24-19/h4-5,7-8H,2-3,6,9-16H2,1H3,(H,22,27)(H,23,24). The zero-order chi connectivity index (χ0) is 19.8. The highest BCUT2D eigenvalue weighted by molar-refractivity contribution is 5.78. The van der Waals surface area contributed by atoms with Crippen molar-refractivity contribution in [2.75, 3.05) is 39.3 Å². The van der Waals surface area contributed by atoms with Gasteiger partial charge in [0.1, 0.15) is 5.82 Å². The molecule has 2 amide bonds. The minimum Gasteiger partial charge on any atom is -0.355 e. The molecule has 2 N–H and O–H groups in total. The summed E-state index contributed by atoms with van der Waals surface area (Å²) in [4.78, 5) is 36.3. The molecular formula is C21H31N5O2. The molecular weight excluding hydrogens is 354 g/mol. The molecule has 3 rings (SSSR count). The van der Waals surface area contributed by atoms with Gasteiger partial charge in [-0.05, 0) is 25.0 Å². The van der Waals surface area contributed by atoms with Gasteiger partial charge in [0.15, 0.2) is 0 Å². The van der Waals surface area contributed by atoms with E-state index < -0.39 is 0 Å². The van der Waals surface area contributed by atoms with Crippen molar-refractivity contribution in [2.45, 2.75) is 39.0 Å². The third-order valence-electron chi connectivity index (χ3n) is 5.19. The third kappa shape index (κ3) is 5.79. The van der Waals surface area contributed by atoms with Crippen molar-refractivity contribution >= 4 is 22.8 Å². The number of nitrogens with one attached hydrogen (secondary N) is 2. The summed E-state index contributed by atoms with van der Waals surface area (Å²) in [5, 5.41) is 2.95. The van der Waals surface area contributed by atoms with Gasteiger partial charge in [-0.15, -0.1) is 0 Å². The number of fused-ring (bicyclic) bond motifs is 1. The van der Waals surface area contributed by atoms with Crippen LogP contribution in [0.15, 0.2) is 24.3 Å². The Morgan fingerprint density at radius 3 is 2.68 bits per heavy atom. The second kappa shape index (κ2) is 10.2. The number of benzene rings is 1. The van der Waals surface area contributed by atoms with E-state index in [1.807, 2.05) is 29.2 Å². The van der Waals surface area contributed by atoms with Crippen molar-refractivity contribution in [1.29, 1.82) is 0 Å². The summed E-state index contributed by atoms with van der Waals surface area (Å²) < 4.78 is 0. The number of piperazine rings is 1. The number of H-pyrrole nitrogens is 1. The van der Waals surface area contributed by atoms with Crippen LogP contribution in [0.5, 0.6) is 0 Å². The highest BCUT2D eigenvalue weighted by Crippen LogP contribution is 2.13. The number of nitrogens with zero attached hydrogens (tertiary/aromatic N) is 3. The molecule has 152 valence electrons. The molecule has 1 fully saturated rings. The first-order chi connectivity index (χ1) is 13.7. The Morgan fingerprint density at radius 1 is 1.14 bits per heavy atom. The molecule has 0 spiro atoms. The molecule has 28 heavy (non-hydrogen) atoms. The Bertz CT molecular complexity index is 747. The number of amides is 2. The summed E-state index contributed by atoms with van der Waals surface area (Å²) in [5.41, 5.74) is 2.01. The van der Waals surface area contributed by atoms with Gasteiger partial charge in [0, 0.05) is 45.6 Å². The van der Waals surface area contributed by atoms with E-state index in [0.29, 0.717) is 26.1 Å². The lowest BCUT2D eigenvalue weighted by Gasteiger charge is -2.34. The van der Waals surface area contributed by atoms with Gasteiger partial charge in [-0.25, -0.2) is 4.98 Å². The fourth-order valence-corrected chi connectivity index (χ4v) is 3.51. The van der Waals surface area contributed by atoms with Crippen molar-refractivity contribution < 1.29 is 9.59 Å². The predicted octanol–water partition coefficient (Wildman–Crippen LogP) is 1.95. The lowest BCUT2D eigenvalue weighted by Crippen LogP contribution is -2.51. The molecule has 0 bridgehead atoms. The first-order valence-electron chi connectivity index (χ1n) is 10.4. The Hall–Kier alpha value is -2.41. The van der Waals surface area contributed by atoms with E-state index in [1.54, 1.807) is 0 Å². The molecule has 1 aromatic heterocycles. The van der Waals surface area contributed by atoms with Gasteiger partial charge >= 0.3 is 0 Å². The van der Waals surface area contributed by atoms with E-state index in [9.17, 15) is 9.59 Å². The third-order valence-corrected chi connectivity index (χ3v) is 5.19. The first-order valence-corrected chi connectivity index (χ1v) is 10.4. The van der Waals surface area contributed by atoms with E-state index in [0.717, 1.165) is 62.2 Å². The Labute approximate surface area is 166 Å². The number of para-hydroxylation sites is 2. The largest absolute Gasteiger partial charge is 0.355 e. The summed E-state index contributed by atoms with van der Waals surface area (Å²) >= 11 is 0. The number of carbonyl (C=O) groups excluding carboxylic acids is 2. The summed E-state index contributed by atoms with van der Waals surface area (Å²) in [6.07, 6.45) is 4.20. The molecule has 1 aliphatic rings. The topological polar surface area (TPSA) is 81.3 Å². The van der Waals surface area contributed by atoms with E-state index >= 15 is 0 Å². The maximum Gasteiger partial charge on any atom is 0.234 e. The van der Waals surface area contributed by atoms with Gasteiger partial charge in [-0.1, -0.05) is 25.5 Å². The molecule has 7 heteroatoms. The molecule has 1 saturated heterocycles. The molecule has 0 radical (unpaired) electrons. The Kier molecular flexibility index (Phi) is 7.42. The van der Waals surface area contributed by atoms with Crippen molar-refractivity contribution in [3.8, 4) is 0 Å². The van der Waals surface area contributed by atoms with Crippen LogP contribution in [0, 0.1) is 0 Å². The predicted molar refractivity (Wildman–Crippen MR) is 110 cm³/mol. The summed E-state index contributed by atoms with van der Waals surface area (Å²) in [6, 6.07) is 7.97. The maximum absolute atomic E-state index is 12.5. The summed E-state index contributed by atoms with van der Waals surface area (Å²) in [5.74, 6) is 1.22. The Morgan fingerprint density at radius 2 is 1.93 bits per heavy atom. The first kappa shape index (κ1) is 20.3. The molecule has 2 aromatic rings. The average molecular weight is 386 g/mol. The number of hydrogen-bond acceptors (Lipinski definition) is 4. The average Bonchev–Trinajstić information content (AvgIpc) is 3.11. The quantitative estimate of drug-likeness (QED) is 0.647. The van der Waals surface area contributed by atoms with E-state index in [2.05, 4.69) is 27.1 Å². The van der Waals surface area contributed by atoms with E-state index in [4.69, 9.17) is 0 Å². The second-order valence-electron chi connectivity index (χ2n) is 7.41. The molecule has 0 saturated carbocycles. The number of aromatic nitrogens is 2. The van der Waals surface area contributed by atoms with Crippen molar-refractivity contribution in [3.63, 3.8) is 0 Å². The number of aromatic amines is 1. The van der Waals surface area contributed by atoms with Gasteiger partial charge in [0.2, 0.25) is 11.8 Å². The molecule has 0 aliphatic carbocycles. The van der Waals surface area contributed by atoms with Crippen LogP contribution in [0.4, 0.5) is 0 Å². The highest BCUT2D eigenvalue weighted by Gasteiger charge is 2.22. The van der Waals surface area contributed by atoms with Crippen LogP contribution in [0.25, 0.3) is 11.0 Å². The van der Waals surface area contributed by atoms with Crippen molar-refractivity contribution in [1.82, 2.24) is 25.1 Å². The fraction of sp³-hybridized carbons (Fsp3) is 0.571. The number of carbonyl (C=O) groups is 2. The van der Waals surface area contributed by atoms with Crippen LogP contribution < -0.4 is 5.32 Å². The van der Waals surface area contributed by atoms with Crippen LogP contribution in [-0.2, 0) is 16.0 Å². The van der Waals surface area contributed by atoms with Crippen LogP contribution in [0.3, 0.4) is 0 Å². The zero-order valence-corrected chi connectivity index (χ0v) is 16.7. The molecule has 1 aliphatic heterocycles. The molecule has 7 nitrogen and oxygen atoms in total. The van der Waals surface area contributed by atoms with Gasteiger partial charge in [0.05, 0.1) is 17.6 Å². The van der Waals surface area contributed by atoms with Crippen LogP contribution >= 0.6 is 0 Å². The van der Waals surface area contributed by atoms with Gasteiger partial charge in [-0.3, -0.25) is 14.5 Å². The smallest absolute Gasteiger partial charge is 0.234 e. The number of imidazole rings is 1. The van der Waals surface area contributed by atoms with Crippen LogP contribution in [0.2, 0.25) is 0 Å². The maximum atomic E-state index is 12.5. The minimum absolute atomic E-state index is 0.0825. The van der Waals surface area contributed by atoms with Crippen LogP contribution in [0.1, 0.15) is 38.4 Å². The molecule has 0 atom stereocenters. The fourth-order valence-electron chi connectivity index (χ4n) is 3.51. The van der Waals surface area contributed by atoms with Crippen molar-refractivity contribution in [2.24, 2.45) is 0 Å². The van der Waals surface area contributed by atoms with Crippen LogP contribution in [-0.4, -0.2) is 70.9 Å². The zero-order valence-electron chi connectivity index (χ0n) is 16.7. The lowest BCUT2D eigenvalue weighted by molar-refractivity contribution is -0.133. The number of rotatable bonds is 9. The van der Waals surface area contributed by atoms with Gasteiger partial charge in [0.25, 0.3) is 0 Å². The molecule has 2 heterocycles. The summed E-state index contributed by atoms with van der Waals surface area (Å²) in [6.45, 7) is 6.21. The monoisotopic (exact) mass is 385 g/mol. The normalized spacial score (nSPS) is 15.1.